The molecule has 0 spiro atoms. The standard InChI is InChI=1S/C9H7BrN2O2S/c1-5-7(3-9(10)14-5)8(13)2-6-4-15-12-11-6/h3-4H,2H2,1H3. The van der Waals surface area contributed by atoms with Crippen LogP contribution in [0.15, 0.2) is 20.5 Å². The van der Waals surface area contributed by atoms with Gasteiger partial charge in [0, 0.05) is 11.4 Å². The quantitative estimate of drug-likeness (QED) is 0.814. The van der Waals surface area contributed by atoms with Crippen LogP contribution in [0.5, 0.6) is 0 Å². The van der Waals surface area contributed by atoms with E-state index in [2.05, 4.69) is 25.5 Å². The van der Waals surface area contributed by atoms with E-state index in [-0.39, 0.29) is 12.2 Å². The highest BCUT2D eigenvalue weighted by Crippen LogP contribution is 2.20. The Morgan fingerprint density at radius 1 is 1.67 bits per heavy atom. The summed E-state index contributed by atoms with van der Waals surface area (Å²) in [6, 6.07) is 1.68. The first-order valence-electron chi connectivity index (χ1n) is 4.22. The average molecular weight is 287 g/mol. The maximum Gasteiger partial charge on any atom is 0.172 e. The van der Waals surface area contributed by atoms with Gasteiger partial charge < -0.3 is 4.42 Å². The summed E-state index contributed by atoms with van der Waals surface area (Å²) in [7, 11) is 0. The van der Waals surface area contributed by atoms with Crippen molar-refractivity contribution in [1.29, 1.82) is 0 Å². The number of furan rings is 1. The third-order valence-corrected chi connectivity index (χ3v) is 2.88. The van der Waals surface area contributed by atoms with Crippen molar-refractivity contribution in [3.05, 3.63) is 33.1 Å². The highest BCUT2D eigenvalue weighted by Gasteiger charge is 2.15. The molecule has 0 N–H and O–H groups in total. The summed E-state index contributed by atoms with van der Waals surface area (Å²) in [4.78, 5) is 11.8. The van der Waals surface area contributed by atoms with E-state index in [0.29, 0.717) is 21.7 Å². The second kappa shape index (κ2) is 4.24. The van der Waals surface area contributed by atoms with Crippen molar-refractivity contribution in [3.63, 3.8) is 0 Å². The second-order valence-electron chi connectivity index (χ2n) is 3.02. The van der Waals surface area contributed by atoms with Crippen LogP contribution in [0, 0.1) is 6.92 Å². The first kappa shape index (κ1) is 10.5. The molecule has 0 unspecified atom stereocenters. The molecule has 0 bridgehead atoms. The summed E-state index contributed by atoms with van der Waals surface area (Å²) in [5.74, 6) is 0.615. The van der Waals surface area contributed by atoms with Crippen LogP contribution in [-0.2, 0) is 6.42 Å². The molecule has 2 rings (SSSR count). The van der Waals surface area contributed by atoms with Crippen LogP contribution in [0.25, 0.3) is 0 Å². The molecule has 0 aliphatic carbocycles. The topological polar surface area (TPSA) is 56.0 Å². The zero-order chi connectivity index (χ0) is 10.8. The summed E-state index contributed by atoms with van der Waals surface area (Å²) >= 11 is 4.42. The van der Waals surface area contributed by atoms with Crippen molar-refractivity contribution in [2.75, 3.05) is 0 Å². The van der Waals surface area contributed by atoms with Gasteiger partial charge in [0.25, 0.3) is 0 Å². The van der Waals surface area contributed by atoms with Crippen LogP contribution in [0.1, 0.15) is 21.8 Å². The monoisotopic (exact) mass is 286 g/mol. The van der Waals surface area contributed by atoms with Gasteiger partial charge in [-0.3, -0.25) is 4.79 Å². The van der Waals surface area contributed by atoms with Crippen LogP contribution in [-0.4, -0.2) is 15.4 Å². The molecule has 6 heteroatoms. The van der Waals surface area contributed by atoms with Gasteiger partial charge in [-0.25, -0.2) is 0 Å². The molecule has 0 aliphatic rings. The van der Waals surface area contributed by atoms with Crippen LogP contribution in [0.4, 0.5) is 0 Å². The summed E-state index contributed by atoms with van der Waals surface area (Å²) in [6.07, 6.45) is 0.267. The predicted octanol–water partition coefficient (Wildman–Crippen LogP) is 2.63. The lowest BCUT2D eigenvalue weighted by atomic mass is 10.1. The van der Waals surface area contributed by atoms with Crippen LogP contribution in [0.3, 0.4) is 0 Å². The Labute approximate surface area is 98.6 Å². The number of ketones is 1. The zero-order valence-corrected chi connectivity index (χ0v) is 10.3. The zero-order valence-electron chi connectivity index (χ0n) is 7.86. The van der Waals surface area contributed by atoms with E-state index in [9.17, 15) is 4.79 Å². The van der Waals surface area contributed by atoms with Gasteiger partial charge in [0.05, 0.1) is 17.7 Å². The Hall–Kier alpha value is -1.01. The van der Waals surface area contributed by atoms with Crippen molar-refractivity contribution in [3.8, 4) is 0 Å². The molecule has 2 aromatic rings. The minimum Gasteiger partial charge on any atom is -0.454 e. The molecule has 0 radical (unpaired) electrons. The Morgan fingerprint density at radius 3 is 3.00 bits per heavy atom. The Bertz CT molecular complexity index is 478. The summed E-state index contributed by atoms with van der Waals surface area (Å²) in [5.41, 5.74) is 1.29. The molecule has 0 amide bonds. The lowest BCUT2D eigenvalue weighted by Crippen LogP contribution is -2.04. The van der Waals surface area contributed by atoms with Gasteiger partial charge in [0.15, 0.2) is 10.5 Å². The minimum absolute atomic E-state index is 0.00495. The normalized spacial score (nSPS) is 10.5. The van der Waals surface area contributed by atoms with Crippen molar-refractivity contribution in [2.45, 2.75) is 13.3 Å². The van der Waals surface area contributed by atoms with Crippen molar-refractivity contribution < 1.29 is 9.21 Å². The van der Waals surface area contributed by atoms with Gasteiger partial charge in [-0.15, -0.1) is 5.10 Å². The molecule has 0 saturated carbocycles. The summed E-state index contributed by atoms with van der Waals surface area (Å²) in [5, 5.41) is 5.59. The minimum atomic E-state index is -0.00495. The Balaban J connectivity index is 2.18. The van der Waals surface area contributed by atoms with Crippen molar-refractivity contribution in [1.82, 2.24) is 9.59 Å². The molecule has 0 atom stereocenters. The van der Waals surface area contributed by atoms with Gasteiger partial charge in [-0.2, -0.15) is 0 Å². The number of hydrogen-bond acceptors (Lipinski definition) is 5. The first-order valence-corrected chi connectivity index (χ1v) is 5.85. The molecule has 0 saturated heterocycles. The van der Waals surface area contributed by atoms with E-state index < -0.39 is 0 Å². The van der Waals surface area contributed by atoms with Crippen LogP contribution >= 0.6 is 27.5 Å². The number of halogens is 1. The molecule has 15 heavy (non-hydrogen) atoms. The molecular formula is C9H7BrN2O2S. The van der Waals surface area contributed by atoms with Crippen molar-refractivity contribution >= 4 is 33.2 Å². The molecule has 2 aromatic heterocycles. The van der Waals surface area contributed by atoms with Gasteiger partial charge in [0.1, 0.15) is 5.76 Å². The molecule has 4 nitrogen and oxygen atoms in total. The molecule has 0 aliphatic heterocycles. The number of aromatic nitrogens is 2. The number of Topliss-reactive ketones (excluding diaryl/α,β-unsaturated/α-hetero) is 1. The third-order valence-electron chi connectivity index (χ3n) is 1.93. The number of rotatable bonds is 3. The SMILES string of the molecule is Cc1oc(Br)cc1C(=O)Cc1csnn1. The van der Waals surface area contributed by atoms with E-state index in [1.165, 1.54) is 11.5 Å². The molecule has 0 fully saturated rings. The Kier molecular flexibility index (Phi) is 2.97. The van der Waals surface area contributed by atoms with E-state index in [1.54, 1.807) is 18.4 Å². The fraction of sp³-hybridized carbons (Fsp3) is 0.222. The average Bonchev–Trinajstić information content (AvgIpc) is 2.75. The predicted molar refractivity (Wildman–Crippen MR) is 59.1 cm³/mol. The van der Waals surface area contributed by atoms with Gasteiger partial charge in [-0.1, -0.05) is 4.49 Å². The maximum atomic E-state index is 11.8. The lowest BCUT2D eigenvalue weighted by molar-refractivity contribution is 0.0990. The fourth-order valence-electron chi connectivity index (χ4n) is 1.24. The summed E-state index contributed by atoms with van der Waals surface area (Å²) < 4.78 is 9.49. The Morgan fingerprint density at radius 2 is 2.47 bits per heavy atom. The maximum absolute atomic E-state index is 11.8. The molecule has 2 heterocycles. The second-order valence-corrected chi connectivity index (χ2v) is 4.41. The van der Waals surface area contributed by atoms with E-state index >= 15 is 0 Å². The van der Waals surface area contributed by atoms with Crippen LogP contribution < -0.4 is 0 Å². The van der Waals surface area contributed by atoms with Gasteiger partial charge in [0.2, 0.25) is 0 Å². The fourth-order valence-corrected chi connectivity index (χ4v) is 2.17. The molecule has 78 valence electrons. The molecule has 0 aromatic carbocycles. The van der Waals surface area contributed by atoms with Crippen LogP contribution in [0.2, 0.25) is 0 Å². The third kappa shape index (κ3) is 2.32. The number of nitrogens with zero attached hydrogens (tertiary/aromatic N) is 2. The van der Waals surface area contributed by atoms with E-state index in [4.69, 9.17) is 4.42 Å². The largest absolute Gasteiger partial charge is 0.454 e. The summed E-state index contributed by atoms with van der Waals surface area (Å²) in [6.45, 7) is 1.76. The number of aryl methyl sites for hydroxylation is 1. The van der Waals surface area contributed by atoms with Crippen molar-refractivity contribution in [2.24, 2.45) is 0 Å². The molecular weight excluding hydrogens is 280 g/mol. The highest BCUT2D eigenvalue weighted by atomic mass is 79.9. The highest BCUT2D eigenvalue weighted by molar-refractivity contribution is 9.10. The number of carbonyl (C=O) groups excluding carboxylic acids is 1. The lowest BCUT2D eigenvalue weighted by Gasteiger charge is -1.94. The van der Waals surface area contributed by atoms with Gasteiger partial charge in [-0.05, 0) is 34.4 Å². The van der Waals surface area contributed by atoms with E-state index in [1.807, 2.05) is 0 Å². The van der Waals surface area contributed by atoms with E-state index in [0.717, 1.165) is 0 Å². The number of carbonyl (C=O) groups is 1. The number of hydrogen-bond donors (Lipinski definition) is 0. The first-order chi connectivity index (χ1) is 7.16. The van der Waals surface area contributed by atoms with Gasteiger partial charge >= 0.3 is 0 Å². The smallest absolute Gasteiger partial charge is 0.172 e.